The van der Waals surface area contributed by atoms with Crippen LogP contribution in [-0.4, -0.2) is 23.9 Å². The molecule has 1 heterocycles. The number of hydrogen-bond acceptors (Lipinski definition) is 2. The van der Waals surface area contributed by atoms with Crippen molar-refractivity contribution in [1.82, 2.24) is 4.90 Å². The molecular formula is C9H14N2O. The van der Waals surface area contributed by atoms with Crippen LogP contribution in [0.15, 0.2) is 0 Å². The third-order valence-corrected chi connectivity index (χ3v) is 2.24. The number of amides is 1. The van der Waals surface area contributed by atoms with Crippen molar-refractivity contribution in [2.24, 2.45) is 5.92 Å². The Kier molecular flexibility index (Phi) is 3.09. The number of hydrogen-bond donors (Lipinski definition) is 0. The van der Waals surface area contributed by atoms with Gasteiger partial charge in [-0.2, -0.15) is 5.26 Å². The standard InChI is InChI=1S/C9H14N2O/c1-8(4-5-10)9(12)11-6-2-3-7-11/h8H,2-4,6-7H2,1H3. The van der Waals surface area contributed by atoms with Gasteiger partial charge in [-0.15, -0.1) is 0 Å². The van der Waals surface area contributed by atoms with Gasteiger partial charge in [-0.1, -0.05) is 6.92 Å². The lowest BCUT2D eigenvalue weighted by Crippen LogP contribution is -2.32. The number of likely N-dealkylation sites (tertiary alicyclic amines) is 1. The quantitative estimate of drug-likeness (QED) is 0.617. The molecule has 0 aromatic carbocycles. The first-order valence-electron chi connectivity index (χ1n) is 4.41. The van der Waals surface area contributed by atoms with E-state index in [1.165, 1.54) is 0 Å². The molecule has 0 saturated carbocycles. The van der Waals surface area contributed by atoms with Crippen molar-refractivity contribution in [2.75, 3.05) is 13.1 Å². The second kappa shape index (κ2) is 4.10. The summed E-state index contributed by atoms with van der Waals surface area (Å²) in [5, 5.41) is 8.41. The first kappa shape index (κ1) is 9.05. The third-order valence-electron chi connectivity index (χ3n) is 2.24. The SMILES string of the molecule is CC(CC#N)C(=O)N1CCCC1. The van der Waals surface area contributed by atoms with Crippen molar-refractivity contribution >= 4 is 5.91 Å². The summed E-state index contributed by atoms with van der Waals surface area (Å²) in [5.74, 6) is 0.0298. The Balaban J connectivity index is 2.41. The molecule has 0 aromatic heterocycles. The van der Waals surface area contributed by atoms with Gasteiger partial charge in [-0.25, -0.2) is 0 Å². The predicted octanol–water partition coefficient (Wildman–Crippen LogP) is 1.16. The third kappa shape index (κ3) is 1.97. The fourth-order valence-electron chi connectivity index (χ4n) is 1.47. The molecule has 0 aromatic rings. The molecule has 0 N–H and O–H groups in total. The highest BCUT2D eigenvalue weighted by molar-refractivity contribution is 5.78. The van der Waals surface area contributed by atoms with E-state index in [9.17, 15) is 4.79 Å². The highest BCUT2D eigenvalue weighted by atomic mass is 16.2. The fourth-order valence-corrected chi connectivity index (χ4v) is 1.47. The van der Waals surface area contributed by atoms with Crippen LogP contribution in [0.2, 0.25) is 0 Å². The lowest BCUT2D eigenvalue weighted by Gasteiger charge is -2.18. The van der Waals surface area contributed by atoms with Crippen LogP contribution in [0.1, 0.15) is 26.2 Å². The van der Waals surface area contributed by atoms with E-state index in [4.69, 9.17) is 5.26 Å². The van der Waals surface area contributed by atoms with Crippen molar-refractivity contribution in [3.63, 3.8) is 0 Å². The molecule has 1 fully saturated rings. The zero-order valence-electron chi connectivity index (χ0n) is 7.42. The van der Waals surface area contributed by atoms with E-state index in [1.54, 1.807) is 0 Å². The summed E-state index contributed by atoms with van der Waals surface area (Å²) in [6.07, 6.45) is 2.57. The molecule has 1 aliphatic heterocycles. The molecule has 0 aliphatic carbocycles. The summed E-state index contributed by atoms with van der Waals surface area (Å²) < 4.78 is 0. The minimum atomic E-state index is -0.118. The van der Waals surface area contributed by atoms with Gasteiger partial charge in [0.15, 0.2) is 0 Å². The largest absolute Gasteiger partial charge is 0.342 e. The summed E-state index contributed by atoms with van der Waals surface area (Å²) in [5.41, 5.74) is 0. The summed E-state index contributed by atoms with van der Waals surface area (Å²) in [4.78, 5) is 13.4. The van der Waals surface area contributed by atoms with E-state index in [0.29, 0.717) is 6.42 Å². The summed E-state index contributed by atoms with van der Waals surface area (Å²) in [7, 11) is 0. The molecule has 3 heteroatoms. The maximum absolute atomic E-state index is 11.5. The summed E-state index contributed by atoms with van der Waals surface area (Å²) in [6, 6.07) is 2.02. The second-order valence-electron chi connectivity index (χ2n) is 3.30. The Labute approximate surface area is 73.0 Å². The van der Waals surface area contributed by atoms with E-state index in [1.807, 2.05) is 17.9 Å². The molecule has 1 saturated heterocycles. The molecule has 1 atom stereocenters. The second-order valence-corrected chi connectivity index (χ2v) is 3.30. The van der Waals surface area contributed by atoms with Gasteiger partial charge in [0.05, 0.1) is 6.07 Å². The molecule has 1 rings (SSSR count). The van der Waals surface area contributed by atoms with Gasteiger partial charge in [0.25, 0.3) is 0 Å². The molecule has 66 valence electrons. The topological polar surface area (TPSA) is 44.1 Å². The van der Waals surface area contributed by atoms with Crippen LogP contribution in [0.4, 0.5) is 0 Å². The highest BCUT2D eigenvalue weighted by Gasteiger charge is 2.22. The highest BCUT2D eigenvalue weighted by Crippen LogP contribution is 2.13. The molecule has 12 heavy (non-hydrogen) atoms. The molecule has 1 unspecified atom stereocenters. The van der Waals surface area contributed by atoms with Crippen LogP contribution in [0.5, 0.6) is 0 Å². The zero-order valence-corrected chi connectivity index (χ0v) is 7.42. The molecule has 0 spiro atoms. The molecule has 1 aliphatic rings. The van der Waals surface area contributed by atoms with Crippen LogP contribution in [-0.2, 0) is 4.79 Å². The van der Waals surface area contributed by atoms with Gasteiger partial charge in [-0.05, 0) is 12.8 Å². The van der Waals surface area contributed by atoms with Crippen molar-refractivity contribution in [1.29, 1.82) is 5.26 Å². The van der Waals surface area contributed by atoms with Crippen molar-refractivity contribution in [2.45, 2.75) is 26.2 Å². The Morgan fingerprint density at radius 2 is 2.17 bits per heavy atom. The van der Waals surface area contributed by atoms with Crippen LogP contribution < -0.4 is 0 Å². The van der Waals surface area contributed by atoms with E-state index in [2.05, 4.69) is 0 Å². The maximum Gasteiger partial charge on any atom is 0.226 e. The van der Waals surface area contributed by atoms with Gasteiger partial charge in [0, 0.05) is 25.4 Å². The first-order chi connectivity index (χ1) is 5.75. The predicted molar refractivity (Wildman–Crippen MR) is 45.2 cm³/mol. The lowest BCUT2D eigenvalue weighted by molar-refractivity contribution is -0.133. The first-order valence-corrected chi connectivity index (χ1v) is 4.41. The molecular weight excluding hydrogens is 152 g/mol. The monoisotopic (exact) mass is 166 g/mol. The number of nitrogens with zero attached hydrogens (tertiary/aromatic N) is 2. The Hall–Kier alpha value is -1.04. The van der Waals surface area contributed by atoms with Gasteiger partial charge < -0.3 is 4.90 Å². The van der Waals surface area contributed by atoms with Crippen LogP contribution in [0, 0.1) is 17.2 Å². The average Bonchev–Trinajstić information content (AvgIpc) is 2.55. The van der Waals surface area contributed by atoms with Crippen LogP contribution in [0.25, 0.3) is 0 Å². The van der Waals surface area contributed by atoms with Gasteiger partial charge >= 0.3 is 0 Å². The maximum atomic E-state index is 11.5. The average molecular weight is 166 g/mol. The van der Waals surface area contributed by atoms with Crippen LogP contribution >= 0.6 is 0 Å². The normalized spacial score (nSPS) is 18.8. The molecule has 3 nitrogen and oxygen atoms in total. The number of carbonyl (C=O) groups excluding carboxylic acids is 1. The molecule has 1 amide bonds. The van der Waals surface area contributed by atoms with Crippen molar-refractivity contribution in [3.05, 3.63) is 0 Å². The minimum Gasteiger partial charge on any atom is -0.342 e. The molecule has 0 radical (unpaired) electrons. The van der Waals surface area contributed by atoms with Gasteiger partial charge in [0.1, 0.15) is 0 Å². The molecule has 0 bridgehead atoms. The summed E-state index contributed by atoms with van der Waals surface area (Å²) in [6.45, 7) is 3.59. The van der Waals surface area contributed by atoms with E-state index in [0.717, 1.165) is 25.9 Å². The minimum absolute atomic E-state index is 0.118. The van der Waals surface area contributed by atoms with Gasteiger partial charge in [0.2, 0.25) is 5.91 Å². The number of nitriles is 1. The Bertz CT molecular complexity index is 201. The van der Waals surface area contributed by atoms with E-state index in [-0.39, 0.29) is 11.8 Å². The number of carbonyl (C=O) groups is 1. The lowest BCUT2D eigenvalue weighted by atomic mass is 10.1. The van der Waals surface area contributed by atoms with Crippen LogP contribution in [0.3, 0.4) is 0 Å². The van der Waals surface area contributed by atoms with Crippen molar-refractivity contribution in [3.8, 4) is 6.07 Å². The summed E-state index contributed by atoms with van der Waals surface area (Å²) >= 11 is 0. The number of rotatable bonds is 2. The van der Waals surface area contributed by atoms with E-state index < -0.39 is 0 Å². The Morgan fingerprint density at radius 3 is 2.67 bits per heavy atom. The smallest absolute Gasteiger partial charge is 0.226 e. The van der Waals surface area contributed by atoms with Crippen molar-refractivity contribution < 1.29 is 4.79 Å². The zero-order chi connectivity index (χ0) is 8.97. The fraction of sp³-hybridized carbons (Fsp3) is 0.778. The van der Waals surface area contributed by atoms with E-state index >= 15 is 0 Å². The van der Waals surface area contributed by atoms with Gasteiger partial charge in [-0.3, -0.25) is 4.79 Å². The Morgan fingerprint density at radius 1 is 1.58 bits per heavy atom.